The van der Waals surface area contributed by atoms with Gasteiger partial charge in [-0.15, -0.1) is 0 Å². The number of hydrogen-bond acceptors (Lipinski definition) is 3. The van der Waals surface area contributed by atoms with Crippen LogP contribution in [0.15, 0.2) is 54.6 Å². The van der Waals surface area contributed by atoms with Gasteiger partial charge in [-0.1, -0.05) is 71.9 Å². The Balaban J connectivity index is 1.25. The van der Waals surface area contributed by atoms with Crippen LogP contribution in [0.3, 0.4) is 0 Å². The van der Waals surface area contributed by atoms with E-state index in [2.05, 4.69) is 131 Å². The number of ether oxygens (including phenoxy) is 1. The van der Waals surface area contributed by atoms with Crippen LogP contribution in [0, 0.1) is 0 Å². The molecule has 2 aliphatic rings. The van der Waals surface area contributed by atoms with Crippen molar-refractivity contribution >= 4 is 27.9 Å². The van der Waals surface area contributed by atoms with E-state index in [4.69, 9.17) is 4.74 Å². The quantitative estimate of drug-likeness (QED) is 0.277. The number of aromatic amines is 1. The molecule has 3 heterocycles. The number of rotatable bonds is 4. The van der Waals surface area contributed by atoms with Crippen LogP contribution in [-0.4, -0.2) is 46.6 Å². The van der Waals surface area contributed by atoms with E-state index in [1.165, 1.54) is 49.6 Å². The molecule has 1 saturated heterocycles. The number of piperazine rings is 1. The third kappa shape index (κ3) is 5.69. The molecule has 3 aromatic carbocycles. The van der Waals surface area contributed by atoms with Crippen molar-refractivity contribution in [2.45, 2.75) is 84.9 Å². The number of H-pyrrole nitrogens is 1. The minimum absolute atomic E-state index is 0.107. The van der Waals surface area contributed by atoms with Gasteiger partial charge in [-0.05, 0) is 71.7 Å². The van der Waals surface area contributed by atoms with Crippen LogP contribution < -0.4 is 4.74 Å². The number of fused-ring (bicyclic) bond motifs is 5. The Morgan fingerprint density at radius 3 is 2.00 bits per heavy atom. The van der Waals surface area contributed by atoms with Crippen molar-refractivity contribution in [3.8, 4) is 5.75 Å². The zero-order valence-corrected chi connectivity index (χ0v) is 26.3. The fraction of sp³-hybridized carbons (Fsp3) is 0.459. The topological polar surface area (TPSA) is 31.5 Å². The molecule has 1 N–H and O–H groups in total. The Bertz CT molecular complexity index is 1600. The Morgan fingerprint density at radius 2 is 1.37 bits per heavy atom. The lowest BCUT2D eigenvalue weighted by atomic mass is 9.86. The van der Waals surface area contributed by atoms with Gasteiger partial charge >= 0.3 is 0 Å². The molecule has 0 amide bonds. The molecular formula is C37H47N3O. The molecule has 0 spiro atoms. The van der Waals surface area contributed by atoms with Gasteiger partial charge in [-0.25, -0.2) is 0 Å². The number of nitrogens with one attached hydrogen (secondary N) is 1. The largest absolute Gasteiger partial charge is 0.483 e. The van der Waals surface area contributed by atoms with Crippen LogP contribution in [0.5, 0.6) is 5.75 Å². The highest BCUT2D eigenvalue weighted by Crippen LogP contribution is 2.42. The van der Waals surface area contributed by atoms with Crippen LogP contribution in [0.2, 0.25) is 0 Å². The standard InChI is InChI=1S/C37H47N3O/c1-35(2,3)27-11-9-25(10-12-27)23-39-17-19-40(20-18-39)24-26-21-31-30-22-28(36(4,5)6)13-14-32(30)38-33(31)29-15-16-37(7,8)41-34(26)29/h9-16,21-22,38H,17-20,23-24H2,1-8H3. The third-order valence-electron chi connectivity index (χ3n) is 8.93. The molecule has 0 atom stereocenters. The zero-order chi connectivity index (χ0) is 29.2. The lowest BCUT2D eigenvalue weighted by Crippen LogP contribution is -2.45. The summed E-state index contributed by atoms with van der Waals surface area (Å²) < 4.78 is 6.66. The van der Waals surface area contributed by atoms with Crippen molar-refractivity contribution in [3.63, 3.8) is 0 Å². The molecule has 216 valence electrons. The number of aromatic nitrogens is 1. The van der Waals surface area contributed by atoms with Crippen molar-refractivity contribution in [1.29, 1.82) is 0 Å². The third-order valence-corrected chi connectivity index (χ3v) is 8.93. The maximum absolute atomic E-state index is 6.66. The molecule has 0 aliphatic carbocycles. The molecular weight excluding hydrogens is 502 g/mol. The van der Waals surface area contributed by atoms with Crippen molar-refractivity contribution in [2.24, 2.45) is 0 Å². The first-order valence-corrected chi connectivity index (χ1v) is 15.3. The first-order chi connectivity index (χ1) is 19.3. The lowest BCUT2D eigenvalue weighted by molar-refractivity contribution is 0.117. The molecule has 4 nitrogen and oxygen atoms in total. The lowest BCUT2D eigenvalue weighted by Gasteiger charge is -2.36. The van der Waals surface area contributed by atoms with Gasteiger partial charge < -0.3 is 9.72 Å². The van der Waals surface area contributed by atoms with E-state index in [9.17, 15) is 0 Å². The smallest absolute Gasteiger partial charge is 0.134 e. The Hall–Kier alpha value is -3.08. The Kier molecular flexibility index (Phi) is 6.86. The molecule has 4 heteroatoms. The summed E-state index contributed by atoms with van der Waals surface area (Å²) in [5.41, 5.74) is 9.00. The van der Waals surface area contributed by atoms with E-state index in [0.29, 0.717) is 0 Å². The van der Waals surface area contributed by atoms with Crippen LogP contribution in [0.1, 0.15) is 83.2 Å². The van der Waals surface area contributed by atoms with Crippen molar-refractivity contribution in [3.05, 3.63) is 82.4 Å². The minimum Gasteiger partial charge on any atom is -0.483 e. The maximum atomic E-state index is 6.66. The second-order valence-electron chi connectivity index (χ2n) is 14.9. The Labute approximate surface area is 246 Å². The predicted octanol–water partition coefficient (Wildman–Crippen LogP) is 8.42. The van der Waals surface area contributed by atoms with Crippen LogP contribution >= 0.6 is 0 Å². The summed E-state index contributed by atoms with van der Waals surface area (Å²) in [6.07, 6.45) is 4.46. The average molecular weight is 550 g/mol. The molecule has 1 fully saturated rings. The minimum atomic E-state index is -0.317. The van der Waals surface area contributed by atoms with E-state index in [-0.39, 0.29) is 16.4 Å². The molecule has 0 radical (unpaired) electrons. The highest BCUT2D eigenvalue weighted by Gasteiger charge is 2.28. The van der Waals surface area contributed by atoms with E-state index in [1.54, 1.807) is 0 Å². The highest BCUT2D eigenvalue weighted by atomic mass is 16.5. The maximum Gasteiger partial charge on any atom is 0.134 e. The van der Waals surface area contributed by atoms with Crippen molar-refractivity contribution < 1.29 is 4.74 Å². The van der Waals surface area contributed by atoms with Gasteiger partial charge in [0, 0.05) is 66.7 Å². The summed E-state index contributed by atoms with van der Waals surface area (Å²) in [5.74, 6) is 1.04. The van der Waals surface area contributed by atoms with E-state index in [1.807, 2.05) is 0 Å². The fourth-order valence-electron chi connectivity index (χ4n) is 6.26. The molecule has 6 rings (SSSR count). The van der Waals surface area contributed by atoms with Gasteiger partial charge in [-0.2, -0.15) is 0 Å². The molecule has 0 bridgehead atoms. The van der Waals surface area contributed by atoms with Gasteiger partial charge in [0.25, 0.3) is 0 Å². The van der Waals surface area contributed by atoms with Crippen LogP contribution in [0.4, 0.5) is 0 Å². The van der Waals surface area contributed by atoms with E-state index in [0.717, 1.165) is 45.0 Å². The summed E-state index contributed by atoms with van der Waals surface area (Å²) in [6.45, 7) is 24.2. The van der Waals surface area contributed by atoms with Crippen LogP contribution in [-0.2, 0) is 23.9 Å². The predicted molar refractivity (Wildman–Crippen MR) is 174 cm³/mol. The van der Waals surface area contributed by atoms with Gasteiger partial charge in [-0.3, -0.25) is 9.80 Å². The molecule has 1 aromatic heterocycles. The van der Waals surface area contributed by atoms with Gasteiger partial charge in [0.2, 0.25) is 0 Å². The number of nitrogens with zero attached hydrogens (tertiary/aromatic N) is 2. The second kappa shape index (κ2) is 10.0. The Morgan fingerprint density at radius 1 is 0.756 bits per heavy atom. The highest BCUT2D eigenvalue weighted by molar-refractivity contribution is 6.11. The van der Waals surface area contributed by atoms with Crippen molar-refractivity contribution in [2.75, 3.05) is 26.2 Å². The summed E-state index contributed by atoms with van der Waals surface area (Å²) in [6, 6.07) is 18.5. The number of benzene rings is 3. The fourth-order valence-corrected chi connectivity index (χ4v) is 6.26. The van der Waals surface area contributed by atoms with Gasteiger partial charge in [0.15, 0.2) is 0 Å². The average Bonchev–Trinajstić information content (AvgIpc) is 3.26. The molecule has 0 unspecified atom stereocenters. The summed E-state index contributed by atoms with van der Waals surface area (Å²) in [4.78, 5) is 8.93. The van der Waals surface area contributed by atoms with Crippen molar-refractivity contribution in [1.82, 2.24) is 14.8 Å². The number of hydrogen-bond donors (Lipinski definition) is 1. The molecule has 2 aliphatic heterocycles. The van der Waals surface area contributed by atoms with E-state index < -0.39 is 0 Å². The normalized spacial score (nSPS) is 18.1. The zero-order valence-electron chi connectivity index (χ0n) is 26.3. The van der Waals surface area contributed by atoms with Gasteiger partial charge in [0.1, 0.15) is 11.4 Å². The molecule has 41 heavy (non-hydrogen) atoms. The first-order valence-electron chi connectivity index (χ1n) is 15.3. The first kappa shape index (κ1) is 28.1. The van der Waals surface area contributed by atoms with Crippen LogP contribution in [0.25, 0.3) is 27.9 Å². The molecule has 0 saturated carbocycles. The summed E-state index contributed by atoms with van der Waals surface area (Å²) >= 11 is 0. The monoisotopic (exact) mass is 549 g/mol. The SMILES string of the molecule is CC1(C)C=Cc2c(c(CN3CCN(Cc4ccc(C(C)(C)C)cc4)CC3)cc3c2[nH]c2ccc(C(C)(C)C)cc23)O1. The molecule has 4 aromatic rings. The summed E-state index contributed by atoms with van der Waals surface area (Å²) in [7, 11) is 0. The van der Waals surface area contributed by atoms with Gasteiger partial charge in [0.05, 0.1) is 5.52 Å². The van der Waals surface area contributed by atoms with E-state index >= 15 is 0 Å². The second-order valence-corrected chi connectivity index (χ2v) is 14.9. The summed E-state index contributed by atoms with van der Waals surface area (Å²) in [5, 5.41) is 2.60.